The quantitative estimate of drug-likeness (QED) is 0.299. The van der Waals surface area contributed by atoms with Crippen molar-refractivity contribution in [2.45, 2.75) is 11.8 Å². The molecule has 2 amide bonds. The van der Waals surface area contributed by atoms with Gasteiger partial charge in [-0.15, -0.1) is 0 Å². The Morgan fingerprint density at radius 3 is 2.03 bits per heavy atom. The number of ketones is 1. The third-order valence-corrected chi connectivity index (χ3v) is 6.03. The molecule has 3 rings (SSSR count). The molecule has 166 valence electrons. The molecule has 0 heterocycles. The van der Waals surface area contributed by atoms with Crippen molar-refractivity contribution in [1.82, 2.24) is 10.2 Å². The van der Waals surface area contributed by atoms with Crippen molar-refractivity contribution < 1.29 is 14.4 Å². The van der Waals surface area contributed by atoms with Crippen LogP contribution in [0.15, 0.2) is 84.9 Å². The standard InChI is InChI=1S/C26H23N3O3S/c1-29(18-27)26(32)23(17-33-16-19-8-4-2-5-9-19)28-25(31)22-14-12-21(13-15-22)24(30)20-10-6-3-7-11-20/h2-15,23H,16-17H2,1H3,(H,28,31)/t23-/m0/s1. The van der Waals surface area contributed by atoms with E-state index in [9.17, 15) is 14.4 Å². The summed E-state index contributed by atoms with van der Waals surface area (Å²) in [4.78, 5) is 38.9. The third-order valence-electron chi connectivity index (χ3n) is 4.93. The zero-order valence-corrected chi connectivity index (χ0v) is 18.9. The van der Waals surface area contributed by atoms with Gasteiger partial charge in [0.1, 0.15) is 6.04 Å². The van der Waals surface area contributed by atoms with Gasteiger partial charge < -0.3 is 5.32 Å². The highest BCUT2D eigenvalue weighted by Gasteiger charge is 2.25. The molecular formula is C26H23N3O3S. The molecule has 0 radical (unpaired) electrons. The zero-order valence-electron chi connectivity index (χ0n) is 18.1. The van der Waals surface area contributed by atoms with E-state index in [2.05, 4.69) is 5.32 Å². The fourth-order valence-electron chi connectivity index (χ4n) is 3.10. The summed E-state index contributed by atoms with van der Waals surface area (Å²) in [6.07, 6.45) is 1.79. The summed E-state index contributed by atoms with van der Waals surface area (Å²) >= 11 is 1.50. The van der Waals surface area contributed by atoms with Gasteiger partial charge in [-0.3, -0.25) is 19.3 Å². The minimum atomic E-state index is -0.860. The summed E-state index contributed by atoms with van der Waals surface area (Å²) in [6.45, 7) is 0. The molecule has 0 saturated heterocycles. The van der Waals surface area contributed by atoms with Crippen molar-refractivity contribution in [1.29, 1.82) is 5.26 Å². The van der Waals surface area contributed by atoms with Gasteiger partial charge in [-0.05, 0) is 17.7 Å². The SMILES string of the molecule is CN(C#N)C(=O)[C@H](CSCc1ccccc1)NC(=O)c1ccc(C(=O)c2ccccc2)cc1. The Kier molecular flexibility index (Phi) is 8.39. The van der Waals surface area contributed by atoms with Crippen LogP contribution >= 0.6 is 11.8 Å². The largest absolute Gasteiger partial charge is 0.339 e. The second kappa shape index (κ2) is 11.7. The van der Waals surface area contributed by atoms with Crippen LogP contribution in [0.5, 0.6) is 0 Å². The summed E-state index contributed by atoms with van der Waals surface area (Å²) in [6, 6.07) is 24.1. The first kappa shape index (κ1) is 23.8. The van der Waals surface area contributed by atoms with Crippen LogP contribution in [-0.2, 0) is 10.5 Å². The topological polar surface area (TPSA) is 90.3 Å². The monoisotopic (exact) mass is 457 g/mol. The summed E-state index contributed by atoms with van der Waals surface area (Å²) < 4.78 is 0. The third kappa shape index (κ3) is 6.55. The Balaban J connectivity index is 1.67. The summed E-state index contributed by atoms with van der Waals surface area (Å²) in [5.41, 5.74) is 2.46. The van der Waals surface area contributed by atoms with Gasteiger partial charge >= 0.3 is 0 Å². The summed E-state index contributed by atoms with van der Waals surface area (Å²) in [5.74, 6) is -0.0760. The highest BCUT2D eigenvalue weighted by molar-refractivity contribution is 7.98. The van der Waals surface area contributed by atoms with Crippen LogP contribution in [0.2, 0.25) is 0 Å². The van der Waals surface area contributed by atoms with Gasteiger partial charge in [0, 0.05) is 35.2 Å². The van der Waals surface area contributed by atoms with Gasteiger partial charge in [0.2, 0.25) is 0 Å². The summed E-state index contributed by atoms with van der Waals surface area (Å²) in [5, 5.41) is 11.8. The molecular weight excluding hydrogens is 434 g/mol. The van der Waals surface area contributed by atoms with E-state index < -0.39 is 17.9 Å². The van der Waals surface area contributed by atoms with Crippen molar-refractivity contribution in [2.24, 2.45) is 0 Å². The number of thioether (sulfide) groups is 1. The Bertz CT molecular complexity index is 1140. The van der Waals surface area contributed by atoms with E-state index in [4.69, 9.17) is 5.26 Å². The van der Waals surface area contributed by atoms with Crippen LogP contribution in [0.1, 0.15) is 31.8 Å². The highest BCUT2D eigenvalue weighted by Crippen LogP contribution is 2.15. The van der Waals surface area contributed by atoms with E-state index in [-0.39, 0.29) is 5.78 Å². The molecule has 0 saturated carbocycles. The number of hydrogen-bond acceptors (Lipinski definition) is 5. The lowest BCUT2D eigenvalue weighted by Gasteiger charge is -2.20. The second-order valence-corrected chi connectivity index (χ2v) is 8.33. The number of carbonyl (C=O) groups is 3. The highest BCUT2D eigenvalue weighted by atomic mass is 32.2. The van der Waals surface area contributed by atoms with Crippen LogP contribution in [0.4, 0.5) is 0 Å². The number of benzene rings is 3. The molecule has 3 aromatic carbocycles. The van der Waals surface area contributed by atoms with Crippen molar-refractivity contribution in [2.75, 3.05) is 12.8 Å². The van der Waals surface area contributed by atoms with Gasteiger partial charge in [0.25, 0.3) is 11.8 Å². The first-order valence-corrected chi connectivity index (χ1v) is 11.4. The molecule has 0 aliphatic carbocycles. The Labute approximate surface area is 197 Å². The molecule has 6 nitrogen and oxygen atoms in total. The molecule has 33 heavy (non-hydrogen) atoms. The maximum Gasteiger partial charge on any atom is 0.258 e. The maximum atomic E-state index is 12.8. The fraction of sp³-hybridized carbons (Fsp3) is 0.154. The van der Waals surface area contributed by atoms with Crippen molar-refractivity contribution in [3.05, 3.63) is 107 Å². The molecule has 0 spiro atoms. The van der Waals surface area contributed by atoms with Crippen molar-refractivity contribution >= 4 is 29.4 Å². The predicted molar refractivity (Wildman–Crippen MR) is 129 cm³/mol. The van der Waals surface area contributed by atoms with Crippen LogP contribution in [0.25, 0.3) is 0 Å². The Morgan fingerprint density at radius 2 is 1.42 bits per heavy atom. The van der Waals surface area contributed by atoms with E-state index in [0.717, 1.165) is 10.5 Å². The van der Waals surface area contributed by atoms with E-state index >= 15 is 0 Å². The first-order chi connectivity index (χ1) is 16.0. The lowest BCUT2D eigenvalue weighted by molar-refractivity contribution is -0.128. The van der Waals surface area contributed by atoms with Gasteiger partial charge in [0.05, 0.1) is 0 Å². The molecule has 1 N–H and O–H groups in total. The molecule has 0 bridgehead atoms. The second-order valence-electron chi connectivity index (χ2n) is 7.30. The number of likely N-dealkylation sites (N-methyl/N-ethyl adjacent to an activating group) is 1. The zero-order chi connectivity index (χ0) is 23.6. The van der Waals surface area contributed by atoms with Crippen LogP contribution in [0.3, 0.4) is 0 Å². The predicted octanol–water partition coefficient (Wildman–Crippen LogP) is 3.89. The van der Waals surface area contributed by atoms with Gasteiger partial charge in [-0.2, -0.15) is 17.0 Å². The average Bonchev–Trinajstić information content (AvgIpc) is 2.88. The fourth-order valence-corrected chi connectivity index (χ4v) is 4.10. The molecule has 0 aliphatic heterocycles. The molecule has 0 unspecified atom stereocenters. The lowest BCUT2D eigenvalue weighted by atomic mass is 10.0. The number of carbonyl (C=O) groups excluding carboxylic acids is 3. The van der Waals surface area contributed by atoms with Crippen LogP contribution in [-0.4, -0.2) is 41.3 Å². The number of nitriles is 1. The van der Waals surface area contributed by atoms with Crippen molar-refractivity contribution in [3.63, 3.8) is 0 Å². The molecule has 0 aliphatic rings. The molecule has 1 atom stereocenters. The van der Waals surface area contributed by atoms with Crippen LogP contribution in [0, 0.1) is 11.5 Å². The number of rotatable bonds is 9. The molecule has 0 fully saturated rings. The normalized spacial score (nSPS) is 11.2. The van der Waals surface area contributed by atoms with Gasteiger partial charge in [0.15, 0.2) is 12.0 Å². The van der Waals surface area contributed by atoms with E-state index in [1.165, 1.54) is 18.8 Å². The number of hydrogen-bond donors (Lipinski definition) is 1. The smallest absolute Gasteiger partial charge is 0.258 e. The maximum absolute atomic E-state index is 12.8. The lowest BCUT2D eigenvalue weighted by Crippen LogP contribution is -2.47. The Hall–Kier alpha value is -3.89. The van der Waals surface area contributed by atoms with Crippen molar-refractivity contribution in [3.8, 4) is 6.19 Å². The van der Waals surface area contributed by atoms with Gasteiger partial charge in [-0.25, -0.2) is 0 Å². The number of amides is 2. The van der Waals surface area contributed by atoms with Crippen LogP contribution < -0.4 is 5.32 Å². The minimum absolute atomic E-state index is 0.136. The molecule has 0 aromatic heterocycles. The first-order valence-electron chi connectivity index (χ1n) is 10.3. The number of nitrogens with one attached hydrogen (secondary N) is 1. The van der Waals surface area contributed by atoms with E-state index in [1.807, 2.05) is 36.4 Å². The van der Waals surface area contributed by atoms with Gasteiger partial charge in [-0.1, -0.05) is 72.8 Å². The number of nitrogens with zero attached hydrogens (tertiary/aromatic N) is 2. The van der Waals surface area contributed by atoms with E-state index in [1.54, 1.807) is 54.7 Å². The Morgan fingerprint density at radius 1 is 0.879 bits per heavy atom. The van der Waals surface area contributed by atoms with E-state index in [0.29, 0.717) is 28.2 Å². The average molecular weight is 458 g/mol. The minimum Gasteiger partial charge on any atom is -0.339 e. The molecule has 7 heteroatoms. The summed E-state index contributed by atoms with van der Waals surface area (Å²) in [7, 11) is 1.37. The molecule has 3 aromatic rings.